The molecule has 1 aromatic carbocycles. The third kappa shape index (κ3) is 2.57. The fraction of sp³-hybridized carbons (Fsp3) is 0.278. The molecule has 0 radical (unpaired) electrons. The van der Waals surface area contributed by atoms with Gasteiger partial charge in [-0.2, -0.15) is 0 Å². The van der Waals surface area contributed by atoms with Gasteiger partial charge in [0.25, 0.3) is 0 Å². The number of rotatable bonds is 4. The minimum Gasteiger partial charge on any atom is -0.467 e. The van der Waals surface area contributed by atoms with Crippen molar-refractivity contribution in [2.75, 3.05) is 0 Å². The van der Waals surface area contributed by atoms with Crippen LogP contribution in [0.2, 0.25) is 0 Å². The van der Waals surface area contributed by atoms with Crippen LogP contribution in [0.3, 0.4) is 0 Å². The lowest BCUT2D eigenvalue weighted by atomic mass is 10.0. The fourth-order valence-electron chi connectivity index (χ4n) is 2.65. The lowest BCUT2D eigenvalue weighted by Crippen LogP contribution is -2.15. The molecule has 3 heteroatoms. The number of pyridine rings is 1. The molecule has 0 spiro atoms. The number of aromatic nitrogens is 1. The van der Waals surface area contributed by atoms with Crippen LogP contribution in [0.4, 0.5) is 0 Å². The molecule has 0 amide bonds. The Kier molecular flexibility index (Phi) is 3.00. The highest BCUT2D eigenvalue weighted by atomic mass is 16.3. The zero-order valence-electron chi connectivity index (χ0n) is 12.1. The molecule has 0 bridgehead atoms. The predicted octanol–water partition coefficient (Wildman–Crippen LogP) is 4.06. The molecular formula is C18H18N2O. The third-order valence-corrected chi connectivity index (χ3v) is 4.01. The van der Waals surface area contributed by atoms with Crippen LogP contribution in [0.15, 0.2) is 47.1 Å². The Labute approximate surface area is 124 Å². The normalized spacial score (nSPS) is 14.7. The molecule has 2 aromatic heterocycles. The van der Waals surface area contributed by atoms with Gasteiger partial charge in [-0.15, -0.1) is 0 Å². The molecule has 21 heavy (non-hydrogen) atoms. The molecule has 0 saturated heterocycles. The first-order valence-corrected chi connectivity index (χ1v) is 7.47. The zero-order valence-corrected chi connectivity index (χ0v) is 12.1. The Hall–Kier alpha value is -2.13. The maximum Gasteiger partial charge on any atom is 0.125 e. The monoisotopic (exact) mass is 278 g/mol. The molecule has 0 aliphatic heterocycles. The van der Waals surface area contributed by atoms with E-state index in [4.69, 9.17) is 4.42 Å². The smallest absolute Gasteiger partial charge is 0.125 e. The SMILES string of the molecule is Cc1ccc2cc(-c3ccoc3CNC3CC3)ccc2n1. The fourth-order valence-corrected chi connectivity index (χ4v) is 2.65. The molecule has 2 heterocycles. The first-order valence-electron chi connectivity index (χ1n) is 7.47. The van der Waals surface area contributed by atoms with E-state index in [2.05, 4.69) is 40.6 Å². The molecule has 1 aliphatic carbocycles. The number of fused-ring (bicyclic) bond motifs is 1. The van der Waals surface area contributed by atoms with E-state index < -0.39 is 0 Å². The van der Waals surface area contributed by atoms with Crippen molar-refractivity contribution in [3.8, 4) is 11.1 Å². The Balaban J connectivity index is 1.69. The highest BCUT2D eigenvalue weighted by molar-refractivity contribution is 5.84. The summed E-state index contributed by atoms with van der Waals surface area (Å²) in [7, 11) is 0. The van der Waals surface area contributed by atoms with Crippen LogP contribution >= 0.6 is 0 Å². The van der Waals surface area contributed by atoms with Crippen molar-refractivity contribution in [3.05, 3.63) is 54.1 Å². The highest BCUT2D eigenvalue weighted by Gasteiger charge is 2.21. The van der Waals surface area contributed by atoms with E-state index >= 15 is 0 Å². The van der Waals surface area contributed by atoms with Gasteiger partial charge in [-0.25, -0.2) is 0 Å². The van der Waals surface area contributed by atoms with Crippen molar-refractivity contribution in [1.29, 1.82) is 0 Å². The van der Waals surface area contributed by atoms with E-state index in [1.54, 1.807) is 6.26 Å². The number of aryl methyl sites for hydroxylation is 1. The van der Waals surface area contributed by atoms with E-state index in [0.29, 0.717) is 6.04 Å². The van der Waals surface area contributed by atoms with E-state index in [0.717, 1.165) is 23.5 Å². The second-order valence-corrected chi connectivity index (χ2v) is 5.77. The van der Waals surface area contributed by atoms with Crippen LogP contribution in [0.1, 0.15) is 24.3 Å². The molecule has 3 nitrogen and oxygen atoms in total. The molecule has 4 rings (SSSR count). The van der Waals surface area contributed by atoms with Crippen LogP contribution in [-0.2, 0) is 6.54 Å². The van der Waals surface area contributed by atoms with E-state index in [1.807, 2.05) is 13.0 Å². The second-order valence-electron chi connectivity index (χ2n) is 5.77. The largest absolute Gasteiger partial charge is 0.467 e. The van der Waals surface area contributed by atoms with Gasteiger partial charge in [-0.3, -0.25) is 4.98 Å². The summed E-state index contributed by atoms with van der Waals surface area (Å²) < 4.78 is 5.65. The summed E-state index contributed by atoms with van der Waals surface area (Å²) in [4.78, 5) is 4.55. The van der Waals surface area contributed by atoms with E-state index in [1.165, 1.54) is 29.4 Å². The number of nitrogens with zero attached hydrogens (tertiary/aromatic N) is 1. The summed E-state index contributed by atoms with van der Waals surface area (Å²) in [6, 6.07) is 13.3. The van der Waals surface area contributed by atoms with Crippen LogP contribution in [0, 0.1) is 6.92 Å². The minimum absolute atomic E-state index is 0.687. The highest BCUT2D eigenvalue weighted by Crippen LogP contribution is 2.28. The zero-order chi connectivity index (χ0) is 14.2. The topological polar surface area (TPSA) is 38.1 Å². The van der Waals surface area contributed by atoms with Crippen LogP contribution < -0.4 is 5.32 Å². The van der Waals surface area contributed by atoms with Gasteiger partial charge in [0.2, 0.25) is 0 Å². The summed E-state index contributed by atoms with van der Waals surface area (Å²) in [6.45, 7) is 2.82. The Morgan fingerprint density at radius 1 is 1.19 bits per heavy atom. The second kappa shape index (κ2) is 5.01. The van der Waals surface area contributed by atoms with Crippen LogP contribution in [-0.4, -0.2) is 11.0 Å². The van der Waals surface area contributed by atoms with Gasteiger partial charge in [0, 0.05) is 22.7 Å². The van der Waals surface area contributed by atoms with E-state index in [9.17, 15) is 0 Å². The Morgan fingerprint density at radius 2 is 2.10 bits per heavy atom. The lowest BCUT2D eigenvalue weighted by Gasteiger charge is -2.06. The maximum atomic E-state index is 5.65. The van der Waals surface area contributed by atoms with Crippen molar-refractivity contribution in [1.82, 2.24) is 10.3 Å². The molecule has 1 N–H and O–H groups in total. The lowest BCUT2D eigenvalue weighted by molar-refractivity contribution is 0.483. The molecule has 106 valence electrons. The van der Waals surface area contributed by atoms with Crippen molar-refractivity contribution in [2.24, 2.45) is 0 Å². The quantitative estimate of drug-likeness (QED) is 0.782. The summed E-state index contributed by atoms with van der Waals surface area (Å²) in [5.74, 6) is 1.02. The standard InChI is InChI=1S/C18H18N2O/c1-12-2-3-14-10-13(4-7-17(14)20-12)16-8-9-21-18(16)11-19-15-5-6-15/h2-4,7-10,15,19H,5-6,11H2,1H3. The van der Waals surface area contributed by atoms with Gasteiger partial charge in [0.05, 0.1) is 18.3 Å². The van der Waals surface area contributed by atoms with Gasteiger partial charge in [0.1, 0.15) is 5.76 Å². The van der Waals surface area contributed by atoms with Gasteiger partial charge >= 0.3 is 0 Å². The Bertz CT molecular complexity index is 787. The van der Waals surface area contributed by atoms with Crippen molar-refractivity contribution in [3.63, 3.8) is 0 Å². The van der Waals surface area contributed by atoms with Crippen LogP contribution in [0.5, 0.6) is 0 Å². The first kappa shape index (κ1) is 12.6. The molecular weight excluding hydrogens is 260 g/mol. The molecule has 1 saturated carbocycles. The number of benzene rings is 1. The van der Waals surface area contributed by atoms with Crippen LogP contribution in [0.25, 0.3) is 22.0 Å². The summed E-state index contributed by atoms with van der Waals surface area (Å²) in [5.41, 5.74) is 4.45. The molecule has 0 unspecified atom stereocenters. The van der Waals surface area contributed by atoms with Gasteiger partial charge in [0.15, 0.2) is 0 Å². The number of hydrogen-bond donors (Lipinski definition) is 1. The summed E-state index contributed by atoms with van der Waals surface area (Å²) in [6.07, 6.45) is 4.35. The molecule has 0 atom stereocenters. The van der Waals surface area contributed by atoms with E-state index in [-0.39, 0.29) is 0 Å². The molecule has 1 aliphatic rings. The predicted molar refractivity (Wildman–Crippen MR) is 84.0 cm³/mol. The Morgan fingerprint density at radius 3 is 2.95 bits per heavy atom. The number of furan rings is 1. The van der Waals surface area contributed by atoms with Crippen molar-refractivity contribution < 1.29 is 4.42 Å². The van der Waals surface area contributed by atoms with Gasteiger partial charge < -0.3 is 9.73 Å². The average Bonchev–Trinajstić information content (AvgIpc) is 3.21. The molecule has 3 aromatic rings. The minimum atomic E-state index is 0.687. The summed E-state index contributed by atoms with van der Waals surface area (Å²) in [5, 5.41) is 4.67. The van der Waals surface area contributed by atoms with Gasteiger partial charge in [-0.05, 0) is 49.6 Å². The first-order chi connectivity index (χ1) is 10.3. The number of nitrogens with one attached hydrogen (secondary N) is 1. The van der Waals surface area contributed by atoms with Gasteiger partial charge in [-0.1, -0.05) is 12.1 Å². The van der Waals surface area contributed by atoms with Crippen molar-refractivity contribution in [2.45, 2.75) is 32.4 Å². The number of hydrogen-bond acceptors (Lipinski definition) is 3. The molecule has 1 fully saturated rings. The maximum absolute atomic E-state index is 5.65. The third-order valence-electron chi connectivity index (χ3n) is 4.01. The summed E-state index contributed by atoms with van der Waals surface area (Å²) >= 11 is 0. The average molecular weight is 278 g/mol. The van der Waals surface area contributed by atoms with Crippen molar-refractivity contribution >= 4 is 10.9 Å².